The molecule has 1 saturated carbocycles. The van der Waals surface area contributed by atoms with Crippen LogP contribution in [0.3, 0.4) is 0 Å². The lowest BCUT2D eigenvalue weighted by atomic mass is 10.0. The van der Waals surface area contributed by atoms with Gasteiger partial charge in [0, 0.05) is 18.5 Å². The van der Waals surface area contributed by atoms with E-state index < -0.39 is 0 Å². The minimum atomic E-state index is 0. The Morgan fingerprint density at radius 1 is 1.20 bits per heavy atom. The first kappa shape index (κ1) is 12.8. The van der Waals surface area contributed by atoms with Gasteiger partial charge in [0.2, 0.25) is 5.91 Å². The van der Waals surface area contributed by atoms with Gasteiger partial charge in [-0.25, -0.2) is 0 Å². The van der Waals surface area contributed by atoms with Crippen LogP contribution in [0.4, 0.5) is 0 Å². The average molecular weight is 233 g/mol. The zero-order valence-corrected chi connectivity index (χ0v) is 10.2. The second-order valence-electron chi connectivity index (χ2n) is 4.37. The summed E-state index contributed by atoms with van der Waals surface area (Å²) in [5, 5.41) is 3.35. The molecule has 0 atom stereocenters. The maximum absolute atomic E-state index is 11.8. The number of amides is 1. The van der Waals surface area contributed by atoms with E-state index in [-0.39, 0.29) is 12.4 Å². The van der Waals surface area contributed by atoms with Crippen LogP contribution >= 0.6 is 12.4 Å². The maximum Gasteiger partial charge on any atom is 0.222 e. The molecule has 3 nitrogen and oxygen atoms in total. The SMILES string of the molecule is CCC(=O)N(C1CCNCC1)C1CC1.Cl. The zero-order valence-electron chi connectivity index (χ0n) is 9.37. The van der Waals surface area contributed by atoms with Gasteiger partial charge in [-0.3, -0.25) is 4.79 Å². The summed E-state index contributed by atoms with van der Waals surface area (Å²) in [7, 11) is 0. The van der Waals surface area contributed by atoms with Crippen molar-refractivity contribution in [3.63, 3.8) is 0 Å². The van der Waals surface area contributed by atoms with E-state index >= 15 is 0 Å². The number of halogens is 1. The van der Waals surface area contributed by atoms with E-state index in [1.165, 1.54) is 12.8 Å². The summed E-state index contributed by atoms with van der Waals surface area (Å²) in [5.74, 6) is 0.361. The Bertz CT molecular complexity index is 213. The Hall–Kier alpha value is -0.280. The second kappa shape index (κ2) is 5.71. The summed E-state index contributed by atoms with van der Waals surface area (Å²) in [6.07, 6.45) is 5.41. The van der Waals surface area contributed by atoms with Gasteiger partial charge in [0.25, 0.3) is 0 Å². The first-order chi connectivity index (χ1) is 6.83. The van der Waals surface area contributed by atoms with E-state index in [1.54, 1.807) is 0 Å². The number of nitrogens with zero attached hydrogens (tertiary/aromatic N) is 1. The third-order valence-corrected chi connectivity index (χ3v) is 3.23. The van der Waals surface area contributed by atoms with Crippen LogP contribution in [-0.2, 0) is 4.79 Å². The molecule has 0 aromatic rings. The number of piperidine rings is 1. The lowest BCUT2D eigenvalue weighted by Gasteiger charge is -2.34. The molecule has 0 unspecified atom stereocenters. The van der Waals surface area contributed by atoms with Gasteiger partial charge in [0.1, 0.15) is 0 Å². The molecular weight excluding hydrogens is 212 g/mol. The largest absolute Gasteiger partial charge is 0.337 e. The third kappa shape index (κ3) is 3.08. The molecule has 0 aromatic carbocycles. The van der Waals surface area contributed by atoms with Crippen molar-refractivity contribution < 1.29 is 4.79 Å². The second-order valence-corrected chi connectivity index (χ2v) is 4.37. The van der Waals surface area contributed by atoms with E-state index in [4.69, 9.17) is 0 Å². The predicted molar refractivity (Wildman–Crippen MR) is 63.3 cm³/mol. The van der Waals surface area contributed by atoms with Gasteiger partial charge >= 0.3 is 0 Å². The van der Waals surface area contributed by atoms with E-state index in [0.29, 0.717) is 24.4 Å². The van der Waals surface area contributed by atoms with Crippen molar-refractivity contribution >= 4 is 18.3 Å². The highest BCUT2D eigenvalue weighted by Crippen LogP contribution is 2.31. The topological polar surface area (TPSA) is 32.3 Å². The molecule has 2 rings (SSSR count). The number of hydrogen-bond acceptors (Lipinski definition) is 2. The highest BCUT2D eigenvalue weighted by atomic mass is 35.5. The fourth-order valence-corrected chi connectivity index (χ4v) is 2.33. The van der Waals surface area contributed by atoms with Crippen LogP contribution in [0.2, 0.25) is 0 Å². The molecule has 1 heterocycles. The number of hydrogen-bond donors (Lipinski definition) is 1. The molecule has 1 saturated heterocycles. The monoisotopic (exact) mass is 232 g/mol. The van der Waals surface area contributed by atoms with Crippen LogP contribution in [-0.4, -0.2) is 36.0 Å². The normalized spacial score (nSPS) is 21.9. The van der Waals surface area contributed by atoms with Crippen molar-refractivity contribution in [3.8, 4) is 0 Å². The Labute approximate surface area is 98.0 Å². The Morgan fingerprint density at radius 3 is 2.20 bits per heavy atom. The first-order valence-corrected chi connectivity index (χ1v) is 5.84. The van der Waals surface area contributed by atoms with Crippen molar-refractivity contribution in [1.29, 1.82) is 0 Å². The number of carbonyl (C=O) groups is 1. The fourth-order valence-electron chi connectivity index (χ4n) is 2.33. The average Bonchev–Trinajstić information content (AvgIpc) is 3.04. The molecule has 2 aliphatic rings. The molecule has 1 amide bonds. The van der Waals surface area contributed by atoms with Gasteiger partial charge in [0.05, 0.1) is 0 Å². The highest BCUT2D eigenvalue weighted by molar-refractivity contribution is 5.85. The molecule has 0 radical (unpaired) electrons. The quantitative estimate of drug-likeness (QED) is 0.801. The standard InChI is InChI=1S/C11H20N2O.ClH/c1-2-11(14)13(9-3-4-9)10-5-7-12-8-6-10;/h9-10,12H,2-8H2,1H3;1H. The van der Waals surface area contributed by atoms with E-state index in [2.05, 4.69) is 10.2 Å². The van der Waals surface area contributed by atoms with Gasteiger partial charge in [-0.15, -0.1) is 12.4 Å². The van der Waals surface area contributed by atoms with E-state index in [9.17, 15) is 4.79 Å². The van der Waals surface area contributed by atoms with Crippen molar-refractivity contribution in [2.75, 3.05) is 13.1 Å². The summed E-state index contributed by atoms with van der Waals surface area (Å²) >= 11 is 0. The summed E-state index contributed by atoms with van der Waals surface area (Å²) in [4.78, 5) is 14.0. The molecular formula is C11H21ClN2O. The molecule has 1 aliphatic heterocycles. The third-order valence-electron chi connectivity index (χ3n) is 3.23. The molecule has 1 N–H and O–H groups in total. The summed E-state index contributed by atoms with van der Waals surface area (Å²) < 4.78 is 0. The van der Waals surface area contributed by atoms with Gasteiger partial charge in [-0.1, -0.05) is 6.92 Å². The van der Waals surface area contributed by atoms with Gasteiger partial charge in [-0.05, 0) is 38.8 Å². The van der Waals surface area contributed by atoms with Crippen molar-refractivity contribution in [2.45, 2.75) is 51.1 Å². The minimum Gasteiger partial charge on any atom is -0.337 e. The highest BCUT2D eigenvalue weighted by Gasteiger charge is 2.36. The Morgan fingerprint density at radius 2 is 1.73 bits per heavy atom. The fraction of sp³-hybridized carbons (Fsp3) is 0.909. The van der Waals surface area contributed by atoms with Crippen LogP contribution in [0.25, 0.3) is 0 Å². The zero-order chi connectivity index (χ0) is 9.97. The summed E-state index contributed by atoms with van der Waals surface area (Å²) in [6, 6.07) is 1.11. The lowest BCUT2D eigenvalue weighted by molar-refractivity contribution is -0.134. The summed E-state index contributed by atoms with van der Waals surface area (Å²) in [5.41, 5.74) is 0. The van der Waals surface area contributed by atoms with Crippen molar-refractivity contribution in [2.24, 2.45) is 0 Å². The lowest BCUT2D eigenvalue weighted by Crippen LogP contribution is -2.47. The van der Waals surface area contributed by atoms with Gasteiger partial charge < -0.3 is 10.2 Å². The molecule has 88 valence electrons. The smallest absolute Gasteiger partial charge is 0.222 e. The molecule has 15 heavy (non-hydrogen) atoms. The number of rotatable bonds is 3. The minimum absolute atomic E-state index is 0. The van der Waals surface area contributed by atoms with E-state index in [0.717, 1.165) is 25.9 Å². The molecule has 1 aliphatic carbocycles. The van der Waals surface area contributed by atoms with Crippen LogP contribution < -0.4 is 5.32 Å². The first-order valence-electron chi connectivity index (χ1n) is 5.84. The van der Waals surface area contributed by atoms with E-state index in [1.807, 2.05) is 6.92 Å². The summed E-state index contributed by atoms with van der Waals surface area (Å²) in [6.45, 7) is 4.12. The molecule has 2 fully saturated rings. The molecule has 4 heteroatoms. The number of carbonyl (C=O) groups excluding carboxylic acids is 1. The maximum atomic E-state index is 11.8. The Kier molecular flexibility index (Phi) is 4.87. The van der Waals surface area contributed by atoms with Crippen LogP contribution in [0.15, 0.2) is 0 Å². The van der Waals surface area contributed by atoms with Crippen molar-refractivity contribution in [1.82, 2.24) is 10.2 Å². The van der Waals surface area contributed by atoms with Gasteiger partial charge in [-0.2, -0.15) is 0 Å². The number of nitrogens with one attached hydrogen (secondary N) is 1. The van der Waals surface area contributed by atoms with Crippen LogP contribution in [0, 0.1) is 0 Å². The molecule has 0 bridgehead atoms. The molecule has 0 aromatic heterocycles. The Balaban J connectivity index is 0.00000112. The van der Waals surface area contributed by atoms with Crippen LogP contribution in [0.1, 0.15) is 39.0 Å². The predicted octanol–water partition coefficient (Wildman–Crippen LogP) is 1.56. The molecule has 0 spiro atoms. The van der Waals surface area contributed by atoms with Crippen LogP contribution in [0.5, 0.6) is 0 Å². The van der Waals surface area contributed by atoms with Gasteiger partial charge in [0.15, 0.2) is 0 Å². The van der Waals surface area contributed by atoms with Crippen molar-refractivity contribution in [3.05, 3.63) is 0 Å².